The van der Waals surface area contributed by atoms with Gasteiger partial charge in [-0.05, 0) is 12.5 Å². The molecule has 0 saturated carbocycles. The highest BCUT2D eigenvalue weighted by atomic mass is 19.2. The Morgan fingerprint density at radius 1 is 1.05 bits per heavy atom. The minimum Gasteiger partial charge on any atom is -0.296 e. The normalized spacial score (nSPS) is 21.1. The van der Waals surface area contributed by atoms with Crippen LogP contribution in [0.4, 0.5) is 8.78 Å². The largest absolute Gasteiger partial charge is 0.296 e. The van der Waals surface area contributed by atoms with Gasteiger partial charge in [0.2, 0.25) is 11.8 Å². The maximum absolute atomic E-state index is 14.1. The molecule has 1 saturated heterocycles. The second-order valence-corrected chi connectivity index (χ2v) is 4.80. The van der Waals surface area contributed by atoms with Crippen molar-refractivity contribution < 1.29 is 28.0 Å². The molecule has 1 atom stereocenters. The van der Waals surface area contributed by atoms with Crippen molar-refractivity contribution in [2.24, 2.45) is 0 Å². The number of hydrogen-bond donors (Lipinski definition) is 2. The SMILES string of the molecule is O=C1CCC(c2c(F)c(F)cc3c2C(=O)NC3=O)C(=O)N1. The molecule has 1 aromatic carbocycles. The quantitative estimate of drug-likeness (QED) is 0.732. The Kier molecular flexibility index (Phi) is 2.82. The average Bonchev–Trinajstić information content (AvgIpc) is 2.68. The second-order valence-electron chi connectivity index (χ2n) is 4.80. The number of carbonyl (C=O) groups is 4. The predicted octanol–water partition coefficient (Wildman–Crippen LogP) is 0.369. The fraction of sp³-hybridized carbons (Fsp3) is 0.231. The summed E-state index contributed by atoms with van der Waals surface area (Å²) in [6.45, 7) is 0. The molecule has 0 bridgehead atoms. The van der Waals surface area contributed by atoms with E-state index in [1.807, 2.05) is 10.6 Å². The van der Waals surface area contributed by atoms with Crippen LogP contribution in [-0.4, -0.2) is 23.6 Å². The van der Waals surface area contributed by atoms with Gasteiger partial charge in [0.1, 0.15) is 0 Å². The fourth-order valence-electron chi connectivity index (χ4n) is 2.60. The minimum atomic E-state index is -1.35. The summed E-state index contributed by atoms with van der Waals surface area (Å²) in [6, 6.07) is 0.625. The Morgan fingerprint density at radius 2 is 1.76 bits per heavy atom. The van der Waals surface area contributed by atoms with E-state index in [9.17, 15) is 28.0 Å². The number of piperidine rings is 1. The molecule has 8 heteroatoms. The summed E-state index contributed by atoms with van der Waals surface area (Å²) in [4.78, 5) is 46.2. The summed E-state index contributed by atoms with van der Waals surface area (Å²) in [5, 5.41) is 3.94. The van der Waals surface area contributed by atoms with E-state index in [2.05, 4.69) is 0 Å². The third-order valence-electron chi connectivity index (χ3n) is 3.54. The summed E-state index contributed by atoms with van der Waals surface area (Å²) < 4.78 is 27.7. The first-order valence-electron chi connectivity index (χ1n) is 6.11. The zero-order valence-corrected chi connectivity index (χ0v) is 10.5. The van der Waals surface area contributed by atoms with Gasteiger partial charge in [-0.25, -0.2) is 8.78 Å². The van der Waals surface area contributed by atoms with Crippen LogP contribution in [0, 0.1) is 11.6 Å². The number of amides is 4. The molecule has 1 fully saturated rings. The highest BCUT2D eigenvalue weighted by molar-refractivity contribution is 6.22. The van der Waals surface area contributed by atoms with Gasteiger partial charge in [0, 0.05) is 12.0 Å². The molecule has 2 aliphatic heterocycles. The van der Waals surface area contributed by atoms with Gasteiger partial charge in [-0.2, -0.15) is 0 Å². The number of imide groups is 2. The first kappa shape index (κ1) is 13.3. The van der Waals surface area contributed by atoms with E-state index in [0.717, 1.165) is 0 Å². The molecule has 0 aromatic heterocycles. The van der Waals surface area contributed by atoms with E-state index in [0.29, 0.717) is 6.07 Å². The molecule has 1 unspecified atom stereocenters. The summed E-state index contributed by atoms with van der Waals surface area (Å²) >= 11 is 0. The Labute approximate surface area is 116 Å². The predicted molar refractivity (Wildman–Crippen MR) is 63.3 cm³/mol. The van der Waals surface area contributed by atoms with Gasteiger partial charge in [-0.1, -0.05) is 0 Å². The topological polar surface area (TPSA) is 92.3 Å². The van der Waals surface area contributed by atoms with Crippen molar-refractivity contribution in [1.29, 1.82) is 0 Å². The standard InChI is InChI=1S/C13H8F2N2O4/c14-6-3-5-9(13(21)17-12(5)20)8(10(6)15)4-1-2-7(18)16-11(4)19/h3-4H,1-2H2,(H,16,18,19)(H,17,20,21). The smallest absolute Gasteiger partial charge is 0.259 e. The van der Waals surface area contributed by atoms with E-state index in [1.165, 1.54) is 0 Å². The van der Waals surface area contributed by atoms with Gasteiger partial charge in [-0.15, -0.1) is 0 Å². The van der Waals surface area contributed by atoms with Crippen molar-refractivity contribution >= 4 is 23.6 Å². The van der Waals surface area contributed by atoms with Crippen LogP contribution in [0.15, 0.2) is 6.07 Å². The lowest BCUT2D eigenvalue weighted by molar-refractivity contribution is -0.134. The zero-order valence-electron chi connectivity index (χ0n) is 10.5. The van der Waals surface area contributed by atoms with Crippen molar-refractivity contribution in [2.75, 3.05) is 0 Å². The molecule has 3 rings (SSSR count). The molecule has 108 valence electrons. The number of halogens is 2. The maximum atomic E-state index is 14.1. The number of rotatable bonds is 1. The maximum Gasteiger partial charge on any atom is 0.259 e. The highest BCUT2D eigenvalue weighted by Crippen LogP contribution is 2.34. The molecule has 2 heterocycles. The lowest BCUT2D eigenvalue weighted by Gasteiger charge is -2.23. The van der Waals surface area contributed by atoms with E-state index in [1.54, 1.807) is 0 Å². The molecule has 6 nitrogen and oxygen atoms in total. The van der Waals surface area contributed by atoms with Crippen LogP contribution >= 0.6 is 0 Å². The monoisotopic (exact) mass is 294 g/mol. The molecule has 0 spiro atoms. The fourth-order valence-corrected chi connectivity index (χ4v) is 2.60. The van der Waals surface area contributed by atoms with E-state index < -0.39 is 46.7 Å². The van der Waals surface area contributed by atoms with Crippen molar-refractivity contribution in [3.8, 4) is 0 Å². The third-order valence-corrected chi connectivity index (χ3v) is 3.54. The number of nitrogens with one attached hydrogen (secondary N) is 2. The van der Waals surface area contributed by atoms with Gasteiger partial charge in [0.25, 0.3) is 11.8 Å². The molecule has 21 heavy (non-hydrogen) atoms. The molecule has 0 aliphatic carbocycles. The number of benzene rings is 1. The van der Waals surface area contributed by atoms with Crippen molar-refractivity contribution in [2.45, 2.75) is 18.8 Å². The molecule has 2 aliphatic rings. The minimum absolute atomic E-state index is 0.0566. The Hall–Kier alpha value is -2.64. The van der Waals surface area contributed by atoms with Crippen LogP contribution in [0.2, 0.25) is 0 Å². The van der Waals surface area contributed by atoms with Crippen molar-refractivity contribution in [3.63, 3.8) is 0 Å². The summed E-state index contributed by atoms with van der Waals surface area (Å²) in [7, 11) is 0. The van der Waals surface area contributed by atoms with E-state index in [4.69, 9.17) is 0 Å². The van der Waals surface area contributed by atoms with Crippen molar-refractivity contribution in [1.82, 2.24) is 10.6 Å². The first-order chi connectivity index (χ1) is 9.90. The highest BCUT2D eigenvalue weighted by Gasteiger charge is 2.39. The summed E-state index contributed by atoms with van der Waals surface area (Å²) in [5.74, 6) is -6.93. The molecular weight excluding hydrogens is 286 g/mol. The average molecular weight is 294 g/mol. The molecule has 4 amide bonds. The van der Waals surface area contributed by atoms with Crippen molar-refractivity contribution in [3.05, 3.63) is 34.4 Å². The van der Waals surface area contributed by atoms with E-state index >= 15 is 0 Å². The summed E-state index contributed by atoms with van der Waals surface area (Å²) in [6.07, 6.45) is -0.115. The Balaban J connectivity index is 2.21. The van der Waals surface area contributed by atoms with Crippen LogP contribution in [0.3, 0.4) is 0 Å². The molecule has 2 N–H and O–H groups in total. The molecular formula is C13H8F2N2O4. The van der Waals surface area contributed by atoms with Gasteiger partial charge in [0.05, 0.1) is 17.0 Å². The van der Waals surface area contributed by atoms with Crippen LogP contribution in [0.25, 0.3) is 0 Å². The number of hydrogen-bond acceptors (Lipinski definition) is 4. The van der Waals surface area contributed by atoms with Gasteiger partial charge < -0.3 is 0 Å². The lowest BCUT2D eigenvalue weighted by atomic mass is 9.85. The van der Waals surface area contributed by atoms with Crippen LogP contribution in [0.1, 0.15) is 45.0 Å². The number of carbonyl (C=O) groups excluding carboxylic acids is 4. The number of fused-ring (bicyclic) bond motifs is 1. The van der Waals surface area contributed by atoms with Gasteiger partial charge in [0.15, 0.2) is 11.6 Å². The van der Waals surface area contributed by atoms with Crippen LogP contribution in [-0.2, 0) is 9.59 Å². The van der Waals surface area contributed by atoms with E-state index in [-0.39, 0.29) is 24.0 Å². The molecule has 0 radical (unpaired) electrons. The van der Waals surface area contributed by atoms with Gasteiger partial charge >= 0.3 is 0 Å². The summed E-state index contributed by atoms with van der Waals surface area (Å²) in [5.41, 5.74) is -1.12. The van der Waals surface area contributed by atoms with Crippen LogP contribution < -0.4 is 10.6 Å². The zero-order chi connectivity index (χ0) is 15.3. The van der Waals surface area contributed by atoms with Crippen LogP contribution in [0.5, 0.6) is 0 Å². The first-order valence-corrected chi connectivity index (χ1v) is 6.11. The molecule has 1 aromatic rings. The third kappa shape index (κ3) is 1.91. The Morgan fingerprint density at radius 3 is 2.43 bits per heavy atom. The lowest BCUT2D eigenvalue weighted by Crippen LogP contribution is -2.40. The Bertz CT molecular complexity index is 729. The van der Waals surface area contributed by atoms with Gasteiger partial charge in [-0.3, -0.25) is 29.8 Å². The second kappa shape index (κ2) is 4.44.